The molecule has 2 heteroatoms. The smallest absolute Gasteiger partial charge is 0.0629 e. The molecule has 0 aromatic heterocycles. The van der Waals surface area contributed by atoms with E-state index >= 15 is 0 Å². The van der Waals surface area contributed by atoms with Gasteiger partial charge in [0, 0.05) is 16.8 Å². The average Bonchev–Trinajstić information content (AvgIpc) is 2.16. The quantitative estimate of drug-likeness (QED) is 0.698. The van der Waals surface area contributed by atoms with Gasteiger partial charge in [-0.2, -0.15) is 0 Å². The number of rotatable bonds is 3. The molecule has 0 radical (unpaired) electrons. The Labute approximate surface area is 78.1 Å². The second-order valence-electron chi connectivity index (χ2n) is 2.68. The molecule has 1 aromatic carbocycles. The van der Waals surface area contributed by atoms with Crippen LogP contribution in [0.25, 0.3) is 11.4 Å². The normalized spacial score (nSPS) is 9.23. The summed E-state index contributed by atoms with van der Waals surface area (Å²) in [6.07, 6.45) is 0. The monoisotopic (exact) mass is 172 g/mol. The van der Waals surface area contributed by atoms with Gasteiger partial charge in [0.1, 0.15) is 0 Å². The summed E-state index contributed by atoms with van der Waals surface area (Å²) < 4.78 is 0. The van der Waals surface area contributed by atoms with Gasteiger partial charge in [0.15, 0.2) is 0 Å². The SMILES string of the molecule is C=NC(=C)c1ccccc1C(=C)N. The fourth-order valence-electron chi connectivity index (χ4n) is 1.10. The van der Waals surface area contributed by atoms with Gasteiger partial charge in [-0.25, -0.2) is 0 Å². The van der Waals surface area contributed by atoms with Crippen molar-refractivity contribution in [3.05, 3.63) is 48.6 Å². The van der Waals surface area contributed by atoms with Crippen LogP contribution in [0.3, 0.4) is 0 Å². The van der Waals surface area contributed by atoms with Crippen molar-refractivity contribution < 1.29 is 0 Å². The molecule has 66 valence electrons. The van der Waals surface area contributed by atoms with Crippen LogP contribution in [0.15, 0.2) is 42.4 Å². The number of nitrogens with zero attached hydrogens (tertiary/aromatic N) is 1. The molecule has 0 saturated heterocycles. The van der Waals surface area contributed by atoms with E-state index in [0.29, 0.717) is 11.4 Å². The molecular weight excluding hydrogens is 160 g/mol. The van der Waals surface area contributed by atoms with E-state index in [1.807, 2.05) is 24.3 Å². The lowest BCUT2D eigenvalue weighted by Crippen LogP contribution is -1.97. The number of nitrogens with two attached hydrogens (primary N) is 1. The second-order valence-corrected chi connectivity index (χ2v) is 2.68. The molecule has 1 aromatic rings. The van der Waals surface area contributed by atoms with Gasteiger partial charge in [0.25, 0.3) is 0 Å². The first-order valence-corrected chi connectivity index (χ1v) is 3.86. The first kappa shape index (κ1) is 9.26. The van der Waals surface area contributed by atoms with Crippen LogP contribution in [0.2, 0.25) is 0 Å². The van der Waals surface area contributed by atoms with Crippen LogP contribution in [-0.4, -0.2) is 6.72 Å². The van der Waals surface area contributed by atoms with Crippen molar-refractivity contribution in [1.29, 1.82) is 0 Å². The Morgan fingerprint density at radius 3 is 2.15 bits per heavy atom. The molecule has 0 spiro atoms. The highest BCUT2D eigenvalue weighted by atomic mass is 14.7. The fourth-order valence-corrected chi connectivity index (χ4v) is 1.10. The Morgan fingerprint density at radius 1 is 1.15 bits per heavy atom. The lowest BCUT2D eigenvalue weighted by molar-refractivity contribution is 1.45. The van der Waals surface area contributed by atoms with E-state index < -0.39 is 0 Å². The van der Waals surface area contributed by atoms with Crippen molar-refractivity contribution in [2.45, 2.75) is 0 Å². The number of aliphatic imine (C=N–C) groups is 1. The Morgan fingerprint density at radius 2 is 1.69 bits per heavy atom. The second kappa shape index (κ2) is 3.72. The van der Waals surface area contributed by atoms with Gasteiger partial charge in [-0.3, -0.25) is 4.99 Å². The van der Waals surface area contributed by atoms with E-state index in [1.54, 1.807) is 0 Å². The van der Waals surface area contributed by atoms with Crippen molar-refractivity contribution in [2.75, 3.05) is 0 Å². The van der Waals surface area contributed by atoms with Crippen LogP contribution in [-0.2, 0) is 0 Å². The predicted molar refractivity (Wildman–Crippen MR) is 58.2 cm³/mol. The standard InChI is InChI=1S/C11H12N2/c1-8(12)10-6-4-5-7-11(10)9(2)13-3/h4-7H,1-3,12H2. The Balaban J connectivity index is 3.27. The maximum Gasteiger partial charge on any atom is 0.0629 e. The summed E-state index contributed by atoms with van der Waals surface area (Å²) >= 11 is 0. The molecule has 0 amide bonds. The van der Waals surface area contributed by atoms with Crippen LogP contribution in [0.4, 0.5) is 0 Å². The molecule has 0 atom stereocenters. The van der Waals surface area contributed by atoms with Gasteiger partial charge < -0.3 is 5.73 Å². The molecule has 0 aliphatic heterocycles. The van der Waals surface area contributed by atoms with E-state index in [1.165, 1.54) is 0 Å². The minimum atomic E-state index is 0.514. The van der Waals surface area contributed by atoms with E-state index in [9.17, 15) is 0 Å². The molecule has 0 aliphatic rings. The summed E-state index contributed by atoms with van der Waals surface area (Å²) in [6, 6.07) is 7.57. The maximum atomic E-state index is 5.61. The molecule has 0 aliphatic carbocycles. The van der Waals surface area contributed by atoms with Crippen LogP contribution < -0.4 is 5.73 Å². The zero-order chi connectivity index (χ0) is 9.84. The van der Waals surface area contributed by atoms with Gasteiger partial charge in [-0.1, -0.05) is 37.4 Å². The fraction of sp³-hybridized carbons (Fsp3) is 0. The van der Waals surface area contributed by atoms with Crippen molar-refractivity contribution in [1.82, 2.24) is 0 Å². The number of benzene rings is 1. The third-order valence-electron chi connectivity index (χ3n) is 1.77. The largest absolute Gasteiger partial charge is 0.399 e. The van der Waals surface area contributed by atoms with Gasteiger partial charge >= 0.3 is 0 Å². The van der Waals surface area contributed by atoms with Crippen LogP contribution in [0, 0.1) is 0 Å². The van der Waals surface area contributed by atoms with Crippen LogP contribution in [0.1, 0.15) is 11.1 Å². The molecule has 2 N–H and O–H groups in total. The van der Waals surface area contributed by atoms with Crippen molar-refractivity contribution >= 4 is 18.1 Å². The molecular formula is C11H12N2. The van der Waals surface area contributed by atoms with E-state index in [-0.39, 0.29) is 0 Å². The molecule has 0 heterocycles. The molecule has 0 fully saturated rings. The van der Waals surface area contributed by atoms with Gasteiger partial charge in [-0.05, 0) is 6.72 Å². The molecule has 1 rings (SSSR count). The molecule has 2 nitrogen and oxygen atoms in total. The summed E-state index contributed by atoms with van der Waals surface area (Å²) in [6.45, 7) is 10.9. The van der Waals surface area contributed by atoms with Gasteiger partial charge in [-0.15, -0.1) is 0 Å². The summed E-state index contributed by atoms with van der Waals surface area (Å²) in [4.78, 5) is 3.76. The first-order chi connectivity index (χ1) is 6.16. The average molecular weight is 172 g/mol. The van der Waals surface area contributed by atoms with E-state index in [4.69, 9.17) is 5.73 Å². The third-order valence-corrected chi connectivity index (χ3v) is 1.77. The maximum absolute atomic E-state index is 5.61. The molecule has 0 unspecified atom stereocenters. The minimum absolute atomic E-state index is 0.514. The lowest BCUT2D eigenvalue weighted by atomic mass is 10.0. The Kier molecular flexibility index (Phi) is 2.65. The number of hydrogen-bond donors (Lipinski definition) is 1. The first-order valence-electron chi connectivity index (χ1n) is 3.86. The van der Waals surface area contributed by atoms with Crippen molar-refractivity contribution in [3.8, 4) is 0 Å². The Hall–Kier alpha value is -1.83. The molecule has 0 bridgehead atoms. The van der Waals surface area contributed by atoms with Gasteiger partial charge in [0.2, 0.25) is 0 Å². The van der Waals surface area contributed by atoms with E-state index in [2.05, 4.69) is 24.9 Å². The lowest BCUT2D eigenvalue weighted by Gasteiger charge is -2.07. The predicted octanol–water partition coefficient (Wildman–Crippen LogP) is 2.29. The topological polar surface area (TPSA) is 38.4 Å². The molecule has 0 saturated carbocycles. The summed E-state index contributed by atoms with van der Waals surface area (Å²) in [5.74, 6) is 0. The third kappa shape index (κ3) is 1.85. The highest BCUT2D eigenvalue weighted by molar-refractivity contribution is 5.77. The zero-order valence-electron chi connectivity index (χ0n) is 7.46. The highest BCUT2D eigenvalue weighted by Crippen LogP contribution is 2.21. The number of hydrogen-bond acceptors (Lipinski definition) is 2. The highest BCUT2D eigenvalue weighted by Gasteiger charge is 2.03. The van der Waals surface area contributed by atoms with Crippen LogP contribution >= 0.6 is 0 Å². The summed E-state index contributed by atoms with van der Waals surface area (Å²) in [5, 5.41) is 0. The van der Waals surface area contributed by atoms with Crippen LogP contribution in [0.5, 0.6) is 0 Å². The summed E-state index contributed by atoms with van der Waals surface area (Å²) in [5.41, 5.74) is 8.48. The Bertz CT molecular complexity index is 364. The zero-order valence-corrected chi connectivity index (χ0v) is 7.46. The minimum Gasteiger partial charge on any atom is -0.399 e. The summed E-state index contributed by atoms with van der Waals surface area (Å²) in [7, 11) is 0. The van der Waals surface area contributed by atoms with Gasteiger partial charge in [0.05, 0.1) is 5.70 Å². The molecule has 13 heavy (non-hydrogen) atoms. The van der Waals surface area contributed by atoms with E-state index in [0.717, 1.165) is 11.1 Å². The van der Waals surface area contributed by atoms with Crippen molar-refractivity contribution in [2.24, 2.45) is 10.7 Å². The van der Waals surface area contributed by atoms with Crippen molar-refractivity contribution in [3.63, 3.8) is 0 Å².